The molecular weight excluding hydrogens is 713 g/mol. The summed E-state index contributed by atoms with van der Waals surface area (Å²) in [5, 5.41) is 9.85. The molecule has 0 aromatic heterocycles. The third-order valence-electron chi connectivity index (χ3n) is 14.2. The third-order valence-corrected chi connectivity index (χ3v) is 15.3. The van der Waals surface area contributed by atoms with Gasteiger partial charge in [-0.25, -0.2) is 0 Å². The monoisotopic (exact) mass is 789 g/mol. The molecule has 312 valence electrons. The normalized spacial score (nSPS) is 23.9. The van der Waals surface area contributed by atoms with Crippen LogP contribution in [0.5, 0.6) is 5.75 Å². The van der Waals surface area contributed by atoms with E-state index in [9.17, 15) is 5.11 Å². The quantitative estimate of drug-likeness (QED) is 0.134. The summed E-state index contributed by atoms with van der Waals surface area (Å²) in [6.07, 6.45) is 21.5. The highest BCUT2D eigenvalue weighted by Crippen LogP contribution is 2.41. The molecule has 0 amide bonds. The molecule has 5 saturated heterocycles. The van der Waals surface area contributed by atoms with Crippen molar-refractivity contribution < 1.29 is 14.6 Å². The minimum Gasteiger partial charge on any atom is -0.494 e. The van der Waals surface area contributed by atoms with Crippen LogP contribution in [0.3, 0.4) is 0 Å². The van der Waals surface area contributed by atoms with E-state index in [1.54, 1.807) is 5.56 Å². The Labute approximate surface area is 345 Å². The number of hydrogen-bond acceptors (Lipinski definition) is 8. The molecule has 5 aliphatic heterocycles. The van der Waals surface area contributed by atoms with Crippen LogP contribution < -0.4 is 4.74 Å². The Balaban J connectivity index is 0.000000172. The fraction of sp³-hybridized carbons (Fsp3) is 0.750. The van der Waals surface area contributed by atoms with E-state index in [2.05, 4.69) is 68.1 Å². The standard InChI is InChI=1S/C25H40N2O2.C23H36N2OS/c28-23-11-18-27(19-12-23)21-25(13-2-1-3-14-25)22-7-9-24(10-8-22)29-20-6-17-26-15-4-5-16-26;1-2-13-24(12-1)16-5-19-27-22-8-6-21(7-9-22)23(10-17-26-18-11-23)20-25-14-3-4-15-25/h7-10,23,28H,1-6,11-21H2;6-9H,1-5,10-20H2. The van der Waals surface area contributed by atoms with Crippen LogP contribution in [0.4, 0.5) is 0 Å². The highest BCUT2D eigenvalue weighted by atomic mass is 32.2. The van der Waals surface area contributed by atoms with Gasteiger partial charge in [0.05, 0.1) is 12.7 Å². The first kappa shape index (κ1) is 42.5. The van der Waals surface area contributed by atoms with E-state index in [0.717, 1.165) is 64.5 Å². The van der Waals surface area contributed by atoms with Gasteiger partial charge in [0.15, 0.2) is 0 Å². The van der Waals surface area contributed by atoms with Crippen LogP contribution in [0.25, 0.3) is 0 Å². The van der Waals surface area contributed by atoms with Crippen molar-refractivity contribution in [2.24, 2.45) is 0 Å². The Morgan fingerprint density at radius 2 is 1.07 bits per heavy atom. The van der Waals surface area contributed by atoms with Gasteiger partial charge in [-0.15, -0.1) is 11.8 Å². The molecule has 5 heterocycles. The SMILES string of the molecule is OC1CCN(CC2(c3ccc(OCCCN4CCCC4)cc3)CCCCC2)CC1.c1cc(C2(CN3CCCC3)CCOCC2)ccc1SCCCN1CCCC1. The van der Waals surface area contributed by atoms with Gasteiger partial charge in [0.2, 0.25) is 0 Å². The number of ether oxygens (including phenoxy) is 2. The summed E-state index contributed by atoms with van der Waals surface area (Å²) >= 11 is 2.03. The van der Waals surface area contributed by atoms with Crippen LogP contribution in [-0.2, 0) is 15.6 Å². The zero-order valence-electron chi connectivity index (χ0n) is 35.0. The zero-order chi connectivity index (χ0) is 38.3. The summed E-state index contributed by atoms with van der Waals surface area (Å²) in [7, 11) is 0. The van der Waals surface area contributed by atoms with Crippen molar-refractivity contribution in [2.75, 3.05) is 104 Å². The van der Waals surface area contributed by atoms with E-state index < -0.39 is 0 Å². The highest BCUT2D eigenvalue weighted by Gasteiger charge is 2.38. The first-order chi connectivity index (χ1) is 27.6. The molecule has 0 unspecified atom stereocenters. The Bertz CT molecular complexity index is 1370. The lowest BCUT2D eigenvalue weighted by Crippen LogP contribution is -2.46. The van der Waals surface area contributed by atoms with Crippen LogP contribution >= 0.6 is 11.8 Å². The van der Waals surface area contributed by atoms with E-state index in [1.807, 2.05) is 11.8 Å². The first-order valence-electron chi connectivity index (χ1n) is 23.2. The van der Waals surface area contributed by atoms with Gasteiger partial charge in [0.25, 0.3) is 0 Å². The lowest BCUT2D eigenvalue weighted by molar-refractivity contribution is 0.0370. The molecule has 7 nitrogen and oxygen atoms in total. The second-order valence-corrected chi connectivity index (χ2v) is 19.4. The van der Waals surface area contributed by atoms with Gasteiger partial charge >= 0.3 is 0 Å². The molecule has 0 atom stereocenters. The minimum absolute atomic E-state index is 0.0875. The Morgan fingerprint density at radius 1 is 0.571 bits per heavy atom. The molecule has 0 radical (unpaired) electrons. The fourth-order valence-electron chi connectivity index (χ4n) is 10.7. The molecule has 0 bridgehead atoms. The number of aliphatic hydroxyl groups excluding tert-OH is 1. The van der Waals surface area contributed by atoms with Gasteiger partial charge in [0, 0.05) is 61.7 Å². The number of likely N-dealkylation sites (tertiary alicyclic amines) is 4. The molecule has 2 aromatic carbocycles. The zero-order valence-corrected chi connectivity index (χ0v) is 35.8. The van der Waals surface area contributed by atoms with Gasteiger partial charge in [0.1, 0.15) is 5.75 Å². The Morgan fingerprint density at radius 3 is 1.66 bits per heavy atom. The van der Waals surface area contributed by atoms with Crippen molar-refractivity contribution in [3.63, 3.8) is 0 Å². The van der Waals surface area contributed by atoms with Crippen LogP contribution in [0, 0.1) is 0 Å². The maximum Gasteiger partial charge on any atom is 0.119 e. The smallest absolute Gasteiger partial charge is 0.119 e. The van der Waals surface area contributed by atoms with Crippen molar-refractivity contribution in [3.05, 3.63) is 59.7 Å². The molecule has 1 saturated carbocycles. The second kappa shape index (κ2) is 22.1. The van der Waals surface area contributed by atoms with Gasteiger partial charge in [-0.3, -0.25) is 0 Å². The highest BCUT2D eigenvalue weighted by molar-refractivity contribution is 7.99. The van der Waals surface area contributed by atoms with Gasteiger partial charge in [-0.05, 0) is 177 Å². The van der Waals surface area contributed by atoms with Crippen LogP contribution in [0.1, 0.15) is 120 Å². The summed E-state index contributed by atoms with van der Waals surface area (Å²) in [4.78, 5) is 11.9. The number of thioether (sulfide) groups is 1. The van der Waals surface area contributed by atoms with Gasteiger partial charge in [-0.1, -0.05) is 43.5 Å². The van der Waals surface area contributed by atoms with E-state index in [4.69, 9.17) is 9.47 Å². The average molecular weight is 789 g/mol. The summed E-state index contributed by atoms with van der Waals surface area (Å²) in [6, 6.07) is 18.6. The molecule has 8 rings (SSSR count). The topological polar surface area (TPSA) is 51.7 Å². The predicted molar refractivity (Wildman–Crippen MR) is 234 cm³/mol. The maximum absolute atomic E-state index is 9.85. The molecule has 2 aromatic rings. The number of aliphatic hydroxyl groups is 1. The third kappa shape index (κ3) is 12.4. The lowest BCUT2D eigenvalue weighted by atomic mass is 9.69. The summed E-state index contributed by atoms with van der Waals surface area (Å²) < 4.78 is 11.8. The minimum atomic E-state index is -0.0875. The molecular formula is C48H76N4O3S. The molecule has 1 N–H and O–H groups in total. The van der Waals surface area contributed by atoms with Crippen molar-refractivity contribution in [3.8, 4) is 5.75 Å². The van der Waals surface area contributed by atoms with E-state index in [0.29, 0.717) is 5.41 Å². The molecule has 6 aliphatic rings. The van der Waals surface area contributed by atoms with Crippen LogP contribution in [-0.4, -0.2) is 135 Å². The van der Waals surface area contributed by atoms with Crippen LogP contribution in [0.15, 0.2) is 53.4 Å². The number of nitrogens with zero attached hydrogens (tertiary/aromatic N) is 4. The summed E-state index contributed by atoms with van der Waals surface area (Å²) in [6.45, 7) is 17.3. The van der Waals surface area contributed by atoms with Gasteiger partial charge < -0.3 is 34.2 Å². The fourth-order valence-corrected chi connectivity index (χ4v) is 11.6. The second-order valence-electron chi connectivity index (χ2n) is 18.3. The van der Waals surface area contributed by atoms with Crippen LogP contribution in [0.2, 0.25) is 0 Å². The van der Waals surface area contributed by atoms with E-state index >= 15 is 0 Å². The summed E-state index contributed by atoms with van der Waals surface area (Å²) in [5.74, 6) is 2.25. The average Bonchev–Trinajstić information content (AvgIpc) is 4.07. The Kier molecular flexibility index (Phi) is 16.8. The van der Waals surface area contributed by atoms with Crippen molar-refractivity contribution in [1.82, 2.24) is 19.6 Å². The van der Waals surface area contributed by atoms with E-state index in [-0.39, 0.29) is 11.5 Å². The molecule has 1 aliphatic carbocycles. The number of rotatable bonds is 16. The predicted octanol–water partition coefficient (Wildman–Crippen LogP) is 8.62. The van der Waals surface area contributed by atoms with Crippen molar-refractivity contribution >= 4 is 11.8 Å². The molecule has 6 fully saturated rings. The van der Waals surface area contributed by atoms with Crippen molar-refractivity contribution in [1.29, 1.82) is 0 Å². The largest absolute Gasteiger partial charge is 0.494 e. The number of piperidine rings is 1. The molecule has 8 heteroatoms. The maximum atomic E-state index is 9.85. The molecule has 0 spiro atoms. The summed E-state index contributed by atoms with van der Waals surface area (Å²) in [5.41, 5.74) is 3.63. The number of benzene rings is 2. The lowest BCUT2D eigenvalue weighted by Gasteiger charge is -2.43. The van der Waals surface area contributed by atoms with Gasteiger partial charge in [-0.2, -0.15) is 0 Å². The van der Waals surface area contributed by atoms with E-state index in [1.165, 1.54) is 165 Å². The van der Waals surface area contributed by atoms with Crippen molar-refractivity contribution in [2.45, 2.75) is 131 Å². The Hall–Kier alpha value is -1.65. The molecule has 56 heavy (non-hydrogen) atoms. The first-order valence-corrected chi connectivity index (χ1v) is 24.2. The number of hydrogen-bond donors (Lipinski definition) is 1.